The normalized spacial score (nSPS) is 11.9. The van der Waals surface area contributed by atoms with Crippen LogP contribution in [0.15, 0.2) is 53.5 Å². The van der Waals surface area contributed by atoms with Crippen molar-refractivity contribution in [1.29, 1.82) is 0 Å². The van der Waals surface area contributed by atoms with Crippen LogP contribution >= 0.6 is 35.6 Å². The largest absolute Gasteiger partial charge is 0.396 e. The molecule has 0 radical (unpaired) electrons. The number of aryl methyl sites for hydroxylation is 1. The third kappa shape index (κ3) is 8.59. The van der Waals surface area contributed by atoms with Crippen LogP contribution in [0.4, 0.5) is 5.69 Å². The first kappa shape index (κ1) is 25.2. The van der Waals surface area contributed by atoms with Gasteiger partial charge in [-0.15, -0.1) is 24.0 Å². The molecule has 2 rings (SSSR count). The van der Waals surface area contributed by atoms with E-state index in [0.717, 1.165) is 11.1 Å². The highest BCUT2D eigenvalue weighted by Gasteiger charge is 2.11. The fourth-order valence-electron chi connectivity index (χ4n) is 2.68. The fourth-order valence-corrected chi connectivity index (χ4v) is 2.96. The number of nitrogens with zero attached hydrogens (tertiary/aromatic N) is 1. The topological polar surface area (TPSA) is 85.8 Å². The molecule has 0 aliphatic rings. The van der Waals surface area contributed by atoms with E-state index in [1.54, 1.807) is 13.1 Å². The van der Waals surface area contributed by atoms with Crippen LogP contribution in [0.5, 0.6) is 0 Å². The van der Waals surface area contributed by atoms with Gasteiger partial charge in [-0.2, -0.15) is 0 Å². The minimum Gasteiger partial charge on any atom is -0.396 e. The van der Waals surface area contributed by atoms with Gasteiger partial charge in [0.2, 0.25) is 5.91 Å². The van der Waals surface area contributed by atoms with Crippen molar-refractivity contribution < 1.29 is 9.90 Å². The van der Waals surface area contributed by atoms with Gasteiger partial charge >= 0.3 is 0 Å². The number of rotatable bonds is 8. The van der Waals surface area contributed by atoms with Crippen LogP contribution in [-0.2, 0) is 4.79 Å². The average Bonchev–Trinajstić information content (AvgIpc) is 2.70. The lowest BCUT2D eigenvalue weighted by molar-refractivity contribution is -0.116. The molecule has 0 bridgehead atoms. The van der Waals surface area contributed by atoms with E-state index in [1.807, 2.05) is 49.4 Å². The van der Waals surface area contributed by atoms with Crippen molar-refractivity contribution in [2.24, 2.45) is 4.99 Å². The molecule has 0 aliphatic heterocycles. The summed E-state index contributed by atoms with van der Waals surface area (Å²) in [5, 5.41) is 19.2. The second-order valence-corrected chi connectivity index (χ2v) is 6.86. The highest BCUT2D eigenvalue weighted by atomic mass is 127. The monoisotopic (exact) mass is 530 g/mol. The Hall–Kier alpha value is -1.84. The highest BCUT2D eigenvalue weighted by Crippen LogP contribution is 2.22. The van der Waals surface area contributed by atoms with Crippen LogP contribution in [0.1, 0.15) is 23.5 Å². The number of hydrogen-bond acceptors (Lipinski definition) is 3. The zero-order chi connectivity index (χ0) is 20.4. The number of halogens is 2. The van der Waals surface area contributed by atoms with E-state index in [0.29, 0.717) is 29.8 Å². The molecule has 0 saturated carbocycles. The van der Waals surface area contributed by atoms with Crippen LogP contribution in [0.3, 0.4) is 0 Å². The summed E-state index contributed by atoms with van der Waals surface area (Å²) >= 11 is 6.14. The van der Waals surface area contributed by atoms with Crippen molar-refractivity contribution in [3.8, 4) is 0 Å². The lowest BCUT2D eigenvalue weighted by Crippen LogP contribution is -2.41. The first-order chi connectivity index (χ1) is 13.5. The zero-order valence-corrected chi connectivity index (χ0v) is 19.7. The van der Waals surface area contributed by atoms with Gasteiger partial charge in [-0.3, -0.25) is 9.79 Å². The van der Waals surface area contributed by atoms with Gasteiger partial charge in [0.1, 0.15) is 0 Å². The van der Waals surface area contributed by atoms with E-state index in [-0.39, 0.29) is 48.8 Å². The molecule has 1 unspecified atom stereocenters. The molecule has 4 N–H and O–H groups in total. The van der Waals surface area contributed by atoms with Crippen LogP contribution in [-0.4, -0.2) is 43.7 Å². The molecular weight excluding hydrogens is 503 g/mol. The third-order valence-electron chi connectivity index (χ3n) is 4.27. The summed E-state index contributed by atoms with van der Waals surface area (Å²) in [7, 11) is 1.66. The predicted molar refractivity (Wildman–Crippen MR) is 130 cm³/mol. The Bertz CT molecular complexity index is 803. The van der Waals surface area contributed by atoms with Crippen molar-refractivity contribution in [1.82, 2.24) is 10.6 Å². The Balaban J connectivity index is 0.00000420. The molecule has 6 nitrogen and oxygen atoms in total. The summed E-state index contributed by atoms with van der Waals surface area (Å²) in [5.74, 6) is 0.411. The number of aliphatic imine (C=N–C) groups is 1. The Kier molecular flexibility index (Phi) is 11.6. The SMILES string of the molecule is CN=C(NCCC(=O)Nc1ccc(C)cc1Cl)NCC(CO)c1ccccc1.I. The van der Waals surface area contributed by atoms with Crippen LogP contribution < -0.4 is 16.0 Å². The van der Waals surface area contributed by atoms with Crippen LogP contribution in [0, 0.1) is 6.92 Å². The lowest BCUT2D eigenvalue weighted by atomic mass is 10.0. The zero-order valence-electron chi connectivity index (χ0n) is 16.6. The Morgan fingerprint density at radius 1 is 1.17 bits per heavy atom. The number of amides is 1. The van der Waals surface area contributed by atoms with E-state index < -0.39 is 0 Å². The summed E-state index contributed by atoms with van der Waals surface area (Å²) in [6.45, 7) is 2.93. The molecule has 0 heterocycles. The third-order valence-corrected chi connectivity index (χ3v) is 4.59. The fraction of sp³-hybridized carbons (Fsp3) is 0.333. The van der Waals surface area contributed by atoms with Gasteiger partial charge in [-0.1, -0.05) is 48.0 Å². The number of hydrogen-bond donors (Lipinski definition) is 4. The molecule has 0 saturated heterocycles. The van der Waals surface area contributed by atoms with Gasteiger partial charge < -0.3 is 21.1 Å². The van der Waals surface area contributed by atoms with Gasteiger partial charge in [0.25, 0.3) is 0 Å². The number of aliphatic hydroxyl groups excluding tert-OH is 1. The maximum atomic E-state index is 12.1. The smallest absolute Gasteiger partial charge is 0.226 e. The molecule has 0 spiro atoms. The van der Waals surface area contributed by atoms with Crippen LogP contribution in [0.2, 0.25) is 5.02 Å². The lowest BCUT2D eigenvalue weighted by Gasteiger charge is -2.18. The molecule has 8 heteroatoms. The molecule has 29 heavy (non-hydrogen) atoms. The second-order valence-electron chi connectivity index (χ2n) is 6.45. The first-order valence-corrected chi connectivity index (χ1v) is 9.57. The van der Waals surface area contributed by atoms with Gasteiger partial charge in [0.05, 0.1) is 17.3 Å². The Morgan fingerprint density at radius 3 is 2.52 bits per heavy atom. The maximum absolute atomic E-state index is 12.1. The number of carbonyl (C=O) groups is 1. The number of benzene rings is 2. The second kappa shape index (κ2) is 13.4. The van der Waals surface area contributed by atoms with E-state index in [1.165, 1.54) is 0 Å². The van der Waals surface area contributed by atoms with Gasteiger partial charge in [0, 0.05) is 32.5 Å². The molecule has 158 valence electrons. The van der Waals surface area contributed by atoms with E-state index in [2.05, 4.69) is 20.9 Å². The predicted octanol–water partition coefficient (Wildman–Crippen LogP) is 3.54. The molecule has 2 aromatic carbocycles. The molecule has 0 aliphatic carbocycles. The van der Waals surface area contributed by atoms with Gasteiger partial charge in [-0.05, 0) is 30.2 Å². The number of aliphatic hydroxyl groups is 1. The summed E-state index contributed by atoms with van der Waals surface area (Å²) in [6.07, 6.45) is 0.271. The van der Waals surface area contributed by atoms with E-state index in [9.17, 15) is 9.90 Å². The maximum Gasteiger partial charge on any atom is 0.226 e. The Morgan fingerprint density at radius 2 is 1.90 bits per heavy atom. The number of guanidine groups is 1. The molecule has 1 atom stereocenters. The van der Waals surface area contributed by atoms with Crippen molar-refractivity contribution in [2.45, 2.75) is 19.3 Å². The van der Waals surface area contributed by atoms with E-state index in [4.69, 9.17) is 11.6 Å². The van der Waals surface area contributed by atoms with Crippen molar-refractivity contribution in [3.05, 3.63) is 64.7 Å². The van der Waals surface area contributed by atoms with Crippen molar-refractivity contribution in [3.63, 3.8) is 0 Å². The molecule has 0 aromatic heterocycles. The quantitative estimate of drug-likeness (QED) is 0.239. The standard InChI is InChI=1S/C21H27ClN4O2.HI/c1-15-8-9-19(18(22)12-15)26-20(28)10-11-24-21(23-2)25-13-17(14-27)16-6-4-3-5-7-16;/h3-9,12,17,27H,10-11,13-14H2,1-2H3,(H,26,28)(H2,23,24,25);1H. The van der Waals surface area contributed by atoms with Gasteiger partial charge in [-0.25, -0.2) is 0 Å². The van der Waals surface area contributed by atoms with Crippen molar-refractivity contribution in [2.75, 3.05) is 32.1 Å². The summed E-state index contributed by atoms with van der Waals surface area (Å²) < 4.78 is 0. The van der Waals surface area contributed by atoms with E-state index >= 15 is 0 Å². The minimum absolute atomic E-state index is 0. The molecule has 1 amide bonds. The summed E-state index contributed by atoms with van der Waals surface area (Å²) in [5.41, 5.74) is 2.70. The first-order valence-electron chi connectivity index (χ1n) is 9.19. The number of carbonyl (C=O) groups excluding carboxylic acids is 1. The van der Waals surface area contributed by atoms with Crippen molar-refractivity contribution >= 4 is 53.1 Å². The number of anilines is 1. The average molecular weight is 531 g/mol. The van der Waals surface area contributed by atoms with Gasteiger partial charge in [0.15, 0.2) is 5.96 Å². The van der Waals surface area contributed by atoms with Crippen LogP contribution in [0.25, 0.3) is 0 Å². The molecule has 0 fully saturated rings. The highest BCUT2D eigenvalue weighted by molar-refractivity contribution is 14.0. The minimum atomic E-state index is -0.133. The molecule has 2 aromatic rings. The number of nitrogens with one attached hydrogen (secondary N) is 3. The molecular formula is C21H28ClIN4O2. The Labute approximate surface area is 194 Å². The summed E-state index contributed by atoms with van der Waals surface area (Å²) in [6, 6.07) is 15.3. The summed E-state index contributed by atoms with van der Waals surface area (Å²) in [4.78, 5) is 16.3.